The Bertz CT molecular complexity index is 1060. The summed E-state index contributed by atoms with van der Waals surface area (Å²) >= 11 is 0. The Balaban J connectivity index is 1.70. The first-order valence-corrected chi connectivity index (χ1v) is 10.9. The molecule has 33 heavy (non-hydrogen) atoms. The maximum Gasteiger partial charge on any atom is 0.416 e. The average Bonchev–Trinajstić information content (AvgIpc) is 3.29. The van der Waals surface area contributed by atoms with Crippen molar-refractivity contribution in [1.29, 1.82) is 0 Å². The van der Waals surface area contributed by atoms with Gasteiger partial charge in [-0.05, 0) is 49.2 Å². The third-order valence-corrected chi connectivity index (χ3v) is 6.28. The number of β-lactam (4-membered cyclic amide) rings is 1. The quantitative estimate of drug-likeness (QED) is 0.623. The standard InChI is InChI=1S/C25H25F3N2O3/c1-33-21-9-5-2-6-17(21)14-15-24(23(32)29-19-7-3-4-8-19)16-22(31)30(24)20-12-10-18(11-13-20)25(26,27)28/h2,5-6,9-15,19H,3-4,7-8,16H2,1H3,(H,29,32)/b15-14+. The molecule has 1 saturated heterocycles. The van der Waals surface area contributed by atoms with Crippen LogP contribution >= 0.6 is 0 Å². The first-order chi connectivity index (χ1) is 15.7. The molecular weight excluding hydrogens is 433 g/mol. The number of nitrogens with zero attached hydrogens (tertiary/aromatic N) is 1. The second kappa shape index (κ2) is 8.92. The van der Waals surface area contributed by atoms with Crippen molar-refractivity contribution in [3.8, 4) is 5.75 Å². The molecular formula is C25H25F3N2O3. The van der Waals surface area contributed by atoms with Gasteiger partial charge < -0.3 is 10.1 Å². The number of carbonyl (C=O) groups is 2. The number of halogens is 3. The molecule has 2 aromatic carbocycles. The topological polar surface area (TPSA) is 58.6 Å². The predicted molar refractivity (Wildman–Crippen MR) is 119 cm³/mol. The largest absolute Gasteiger partial charge is 0.496 e. The summed E-state index contributed by atoms with van der Waals surface area (Å²) in [7, 11) is 1.54. The summed E-state index contributed by atoms with van der Waals surface area (Å²) in [5.41, 5.74) is -1.18. The van der Waals surface area contributed by atoms with E-state index in [2.05, 4.69) is 5.32 Å². The zero-order chi connectivity index (χ0) is 23.6. The first kappa shape index (κ1) is 22.9. The molecule has 0 bridgehead atoms. The van der Waals surface area contributed by atoms with E-state index in [0.717, 1.165) is 43.4 Å². The Morgan fingerprint density at radius 1 is 1.12 bits per heavy atom. The number of para-hydroxylation sites is 1. The molecule has 4 rings (SSSR count). The van der Waals surface area contributed by atoms with Crippen LogP contribution in [0.5, 0.6) is 5.75 Å². The van der Waals surface area contributed by atoms with E-state index in [1.807, 2.05) is 18.2 Å². The molecule has 0 radical (unpaired) electrons. The fourth-order valence-electron chi connectivity index (χ4n) is 4.50. The van der Waals surface area contributed by atoms with E-state index in [4.69, 9.17) is 4.74 Å². The molecule has 2 amide bonds. The molecule has 0 aromatic heterocycles. The minimum atomic E-state index is -4.49. The number of rotatable bonds is 6. The van der Waals surface area contributed by atoms with E-state index in [9.17, 15) is 22.8 Å². The summed E-state index contributed by atoms with van der Waals surface area (Å²) < 4.78 is 44.4. The number of methoxy groups -OCH3 is 1. The van der Waals surface area contributed by atoms with Crippen molar-refractivity contribution in [2.45, 2.75) is 49.9 Å². The lowest BCUT2D eigenvalue weighted by atomic mass is 9.80. The summed E-state index contributed by atoms with van der Waals surface area (Å²) in [4.78, 5) is 27.4. The molecule has 1 unspecified atom stereocenters. The fourth-order valence-corrected chi connectivity index (χ4v) is 4.50. The second-order valence-corrected chi connectivity index (χ2v) is 8.40. The van der Waals surface area contributed by atoms with Crippen LogP contribution < -0.4 is 15.0 Å². The molecule has 2 aliphatic rings. The summed E-state index contributed by atoms with van der Waals surface area (Å²) in [6, 6.07) is 11.6. The Morgan fingerprint density at radius 3 is 2.39 bits per heavy atom. The number of alkyl halides is 3. The van der Waals surface area contributed by atoms with Crippen LogP contribution in [-0.4, -0.2) is 30.5 Å². The number of amides is 2. The molecule has 1 aliphatic carbocycles. The van der Waals surface area contributed by atoms with Crippen molar-refractivity contribution >= 4 is 23.6 Å². The van der Waals surface area contributed by atoms with Gasteiger partial charge in [0.1, 0.15) is 5.75 Å². The van der Waals surface area contributed by atoms with Crippen LogP contribution in [0.2, 0.25) is 0 Å². The van der Waals surface area contributed by atoms with E-state index in [0.29, 0.717) is 5.75 Å². The van der Waals surface area contributed by atoms with Crippen molar-refractivity contribution in [3.63, 3.8) is 0 Å². The van der Waals surface area contributed by atoms with E-state index < -0.39 is 17.3 Å². The van der Waals surface area contributed by atoms with Crippen LogP contribution in [-0.2, 0) is 15.8 Å². The number of hydrogen-bond acceptors (Lipinski definition) is 3. The monoisotopic (exact) mass is 458 g/mol. The predicted octanol–water partition coefficient (Wildman–Crippen LogP) is 4.96. The number of anilines is 1. The molecule has 2 fully saturated rings. The van der Waals surface area contributed by atoms with Crippen molar-refractivity contribution in [1.82, 2.24) is 5.32 Å². The maximum atomic E-state index is 13.5. The summed E-state index contributed by atoms with van der Waals surface area (Å²) in [5.74, 6) is -0.0621. The SMILES string of the molecule is COc1ccccc1/C=C/C1(C(=O)NC2CCCC2)CC(=O)N1c1ccc(C(F)(F)F)cc1. The highest BCUT2D eigenvalue weighted by Gasteiger charge is 2.56. The van der Waals surface area contributed by atoms with Gasteiger partial charge >= 0.3 is 6.18 Å². The van der Waals surface area contributed by atoms with E-state index in [-0.39, 0.29) is 30.0 Å². The van der Waals surface area contributed by atoms with Gasteiger partial charge in [0, 0.05) is 17.3 Å². The lowest BCUT2D eigenvalue weighted by molar-refractivity contribution is -0.138. The van der Waals surface area contributed by atoms with Gasteiger partial charge in [-0.2, -0.15) is 13.2 Å². The average molecular weight is 458 g/mol. The van der Waals surface area contributed by atoms with Crippen LogP contribution in [0.15, 0.2) is 54.6 Å². The Labute approximate surface area is 190 Å². The van der Waals surface area contributed by atoms with E-state index in [1.165, 1.54) is 24.1 Å². The molecule has 8 heteroatoms. The van der Waals surface area contributed by atoms with Gasteiger partial charge in [-0.15, -0.1) is 0 Å². The molecule has 1 heterocycles. The smallest absolute Gasteiger partial charge is 0.416 e. The molecule has 1 aliphatic heterocycles. The second-order valence-electron chi connectivity index (χ2n) is 8.40. The van der Waals surface area contributed by atoms with E-state index in [1.54, 1.807) is 18.2 Å². The van der Waals surface area contributed by atoms with Crippen molar-refractivity contribution < 1.29 is 27.5 Å². The molecule has 1 saturated carbocycles. The molecule has 5 nitrogen and oxygen atoms in total. The summed E-state index contributed by atoms with van der Waals surface area (Å²) in [5, 5.41) is 3.05. The van der Waals surface area contributed by atoms with Crippen molar-refractivity contribution in [2.24, 2.45) is 0 Å². The van der Waals surface area contributed by atoms with Crippen LogP contribution in [0.3, 0.4) is 0 Å². The van der Waals surface area contributed by atoms with Crippen molar-refractivity contribution in [3.05, 3.63) is 65.7 Å². The Kier molecular flexibility index (Phi) is 6.19. The first-order valence-electron chi connectivity index (χ1n) is 10.9. The van der Waals surface area contributed by atoms with Gasteiger partial charge in [-0.25, -0.2) is 0 Å². The fraction of sp³-hybridized carbons (Fsp3) is 0.360. The summed E-state index contributed by atoms with van der Waals surface area (Å²) in [6.45, 7) is 0. The molecule has 2 aromatic rings. The van der Waals surface area contributed by atoms with Gasteiger partial charge in [0.05, 0.1) is 19.1 Å². The zero-order valence-electron chi connectivity index (χ0n) is 18.2. The van der Waals surface area contributed by atoms with Crippen LogP contribution in [0.4, 0.5) is 18.9 Å². The van der Waals surface area contributed by atoms with Crippen molar-refractivity contribution in [2.75, 3.05) is 12.0 Å². The normalized spacial score (nSPS) is 21.3. The molecule has 1 atom stereocenters. The highest BCUT2D eigenvalue weighted by molar-refractivity contribution is 6.15. The Hall–Kier alpha value is -3.29. The zero-order valence-corrected chi connectivity index (χ0v) is 18.2. The van der Waals surface area contributed by atoms with Gasteiger partial charge in [-0.1, -0.05) is 37.1 Å². The molecule has 0 spiro atoms. The third-order valence-electron chi connectivity index (χ3n) is 6.28. The lowest BCUT2D eigenvalue weighted by Crippen LogP contribution is -2.70. The van der Waals surface area contributed by atoms with Gasteiger partial charge in [0.25, 0.3) is 5.91 Å². The maximum absolute atomic E-state index is 13.5. The molecule has 1 N–H and O–H groups in total. The van der Waals surface area contributed by atoms with E-state index >= 15 is 0 Å². The minimum absolute atomic E-state index is 0.0270. The number of ether oxygens (including phenoxy) is 1. The van der Waals surface area contributed by atoms with Gasteiger partial charge in [0.2, 0.25) is 5.91 Å². The number of carbonyl (C=O) groups excluding carboxylic acids is 2. The van der Waals surface area contributed by atoms with Gasteiger partial charge in [0.15, 0.2) is 5.54 Å². The highest BCUT2D eigenvalue weighted by Crippen LogP contribution is 2.41. The Morgan fingerprint density at radius 2 is 1.79 bits per heavy atom. The third kappa shape index (κ3) is 4.47. The number of hydrogen-bond donors (Lipinski definition) is 1. The number of benzene rings is 2. The highest BCUT2D eigenvalue weighted by atomic mass is 19.4. The summed E-state index contributed by atoms with van der Waals surface area (Å²) in [6.07, 6.45) is 2.59. The van der Waals surface area contributed by atoms with Crippen LogP contribution in [0.25, 0.3) is 6.08 Å². The van der Waals surface area contributed by atoms with Crippen LogP contribution in [0, 0.1) is 0 Å². The lowest BCUT2D eigenvalue weighted by Gasteiger charge is -2.49. The number of nitrogens with one attached hydrogen (secondary N) is 1. The minimum Gasteiger partial charge on any atom is -0.496 e. The molecule has 174 valence electrons. The van der Waals surface area contributed by atoms with Gasteiger partial charge in [-0.3, -0.25) is 14.5 Å². The van der Waals surface area contributed by atoms with Crippen LogP contribution in [0.1, 0.15) is 43.2 Å².